The molecule has 0 fully saturated rings. The average molecular weight is 292 g/mol. The number of nitrogens with one attached hydrogen (secondary N) is 1. The maximum absolute atomic E-state index is 12.0. The molecular weight excluding hydrogens is 282 g/mol. The van der Waals surface area contributed by atoms with E-state index in [1.165, 1.54) is 24.3 Å². The number of carbonyl (C=O) groups is 1. The molecule has 0 heterocycles. The number of nitrogens with zero attached hydrogens (tertiary/aromatic N) is 1. The summed E-state index contributed by atoms with van der Waals surface area (Å²) in [6.07, 6.45) is 0. The number of halogens is 1. The molecule has 2 rings (SSSR count). The third-order valence-electron chi connectivity index (χ3n) is 2.55. The zero-order valence-electron chi connectivity index (χ0n) is 10.2. The van der Waals surface area contributed by atoms with E-state index in [1.54, 1.807) is 18.2 Å². The van der Waals surface area contributed by atoms with Crippen molar-refractivity contribution in [2.24, 2.45) is 0 Å². The molecule has 0 saturated carbocycles. The van der Waals surface area contributed by atoms with Crippen LogP contribution in [0.3, 0.4) is 0 Å². The Morgan fingerprint density at radius 3 is 2.65 bits per heavy atom. The molecule has 7 heteroatoms. The summed E-state index contributed by atoms with van der Waals surface area (Å²) in [5.41, 5.74) is 6.43. The summed E-state index contributed by atoms with van der Waals surface area (Å²) in [5, 5.41) is 13.3. The van der Waals surface area contributed by atoms with Crippen LogP contribution in [0.15, 0.2) is 42.5 Å². The molecular formula is C13H10ClN3O3. The van der Waals surface area contributed by atoms with E-state index >= 15 is 0 Å². The van der Waals surface area contributed by atoms with Crippen LogP contribution in [0.5, 0.6) is 0 Å². The van der Waals surface area contributed by atoms with Crippen molar-refractivity contribution in [2.45, 2.75) is 0 Å². The van der Waals surface area contributed by atoms with Crippen molar-refractivity contribution in [2.75, 3.05) is 11.1 Å². The molecule has 0 aliphatic heterocycles. The van der Waals surface area contributed by atoms with Gasteiger partial charge in [0.25, 0.3) is 11.6 Å². The molecule has 3 N–H and O–H groups in total. The highest BCUT2D eigenvalue weighted by Crippen LogP contribution is 2.27. The van der Waals surface area contributed by atoms with Crippen molar-refractivity contribution in [1.82, 2.24) is 0 Å². The van der Waals surface area contributed by atoms with E-state index in [4.69, 9.17) is 17.3 Å². The molecule has 20 heavy (non-hydrogen) atoms. The summed E-state index contributed by atoms with van der Waals surface area (Å²) >= 11 is 5.69. The number of rotatable bonds is 3. The van der Waals surface area contributed by atoms with Gasteiger partial charge in [-0.15, -0.1) is 0 Å². The Bertz CT molecular complexity index is 688. The second kappa shape index (κ2) is 5.58. The van der Waals surface area contributed by atoms with E-state index < -0.39 is 10.8 Å². The first-order chi connectivity index (χ1) is 9.47. The molecule has 2 aromatic carbocycles. The van der Waals surface area contributed by atoms with Crippen LogP contribution in [-0.2, 0) is 0 Å². The molecule has 102 valence electrons. The molecule has 0 saturated heterocycles. The Hall–Kier alpha value is -2.60. The first-order valence-electron chi connectivity index (χ1n) is 5.58. The number of carbonyl (C=O) groups excluding carboxylic acids is 1. The standard InChI is InChI=1S/C13H10ClN3O3/c14-11-5-4-10(7-12(11)17(19)20)16-13(18)8-2-1-3-9(15)6-8/h1-7H,15H2,(H,16,18). The lowest BCUT2D eigenvalue weighted by atomic mass is 10.2. The fourth-order valence-corrected chi connectivity index (χ4v) is 1.80. The van der Waals surface area contributed by atoms with Crippen LogP contribution in [0, 0.1) is 10.1 Å². The minimum absolute atomic E-state index is 0.0111. The predicted molar refractivity (Wildman–Crippen MR) is 76.9 cm³/mol. The van der Waals surface area contributed by atoms with Crippen LogP contribution >= 0.6 is 11.6 Å². The minimum Gasteiger partial charge on any atom is -0.399 e. The van der Waals surface area contributed by atoms with Gasteiger partial charge in [0.1, 0.15) is 5.02 Å². The van der Waals surface area contributed by atoms with Gasteiger partial charge in [-0.1, -0.05) is 17.7 Å². The Morgan fingerprint density at radius 1 is 1.25 bits per heavy atom. The molecule has 0 radical (unpaired) electrons. The van der Waals surface area contributed by atoms with Gasteiger partial charge in [-0.3, -0.25) is 14.9 Å². The van der Waals surface area contributed by atoms with Gasteiger partial charge in [-0.25, -0.2) is 0 Å². The van der Waals surface area contributed by atoms with E-state index in [9.17, 15) is 14.9 Å². The topological polar surface area (TPSA) is 98.3 Å². The van der Waals surface area contributed by atoms with E-state index in [2.05, 4.69) is 5.32 Å². The lowest BCUT2D eigenvalue weighted by Crippen LogP contribution is -2.12. The van der Waals surface area contributed by atoms with Crippen molar-refractivity contribution in [1.29, 1.82) is 0 Å². The Morgan fingerprint density at radius 2 is 2.00 bits per heavy atom. The Kier molecular flexibility index (Phi) is 3.86. The molecule has 0 unspecified atom stereocenters. The average Bonchev–Trinajstić information content (AvgIpc) is 2.40. The number of hydrogen-bond acceptors (Lipinski definition) is 4. The number of nitrogen functional groups attached to an aromatic ring is 1. The van der Waals surface area contributed by atoms with Crippen molar-refractivity contribution < 1.29 is 9.72 Å². The molecule has 0 bridgehead atoms. The summed E-state index contributed by atoms with van der Waals surface area (Å²) in [6, 6.07) is 10.5. The number of nitro benzene ring substituents is 1. The van der Waals surface area contributed by atoms with Gasteiger partial charge in [0.2, 0.25) is 0 Å². The first kappa shape index (κ1) is 13.8. The Balaban J connectivity index is 2.24. The Labute approximate surface area is 119 Å². The number of nitrogens with two attached hydrogens (primary N) is 1. The van der Waals surface area contributed by atoms with Gasteiger partial charge >= 0.3 is 0 Å². The minimum atomic E-state index is -0.613. The fraction of sp³-hybridized carbons (Fsp3) is 0. The second-order valence-electron chi connectivity index (χ2n) is 4.00. The SMILES string of the molecule is Nc1cccc(C(=O)Nc2ccc(Cl)c([N+](=O)[O-])c2)c1. The summed E-state index contributed by atoms with van der Waals surface area (Å²) < 4.78 is 0. The monoisotopic (exact) mass is 291 g/mol. The summed E-state index contributed by atoms with van der Waals surface area (Å²) in [7, 11) is 0. The van der Waals surface area contributed by atoms with Gasteiger partial charge < -0.3 is 11.1 Å². The summed E-state index contributed by atoms with van der Waals surface area (Å²) in [4.78, 5) is 22.1. The van der Waals surface area contributed by atoms with Crippen molar-refractivity contribution in [3.63, 3.8) is 0 Å². The van der Waals surface area contributed by atoms with Crippen LogP contribution in [0.4, 0.5) is 17.1 Å². The van der Waals surface area contributed by atoms with E-state index in [-0.39, 0.29) is 16.4 Å². The predicted octanol–water partition coefficient (Wildman–Crippen LogP) is 3.08. The molecule has 1 amide bonds. The zero-order chi connectivity index (χ0) is 14.7. The first-order valence-corrected chi connectivity index (χ1v) is 5.96. The van der Waals surface area contributed by atoms with Crippen LogP contribution < -0.4 is 11.1 Å². The van der Waals surface area contributed by atoms with Gasteiger partial charge in [-0.2, -0.15) is 0 Å². The molecule has 6 nitrogen and oxygen atoms in total. The molecule has 0 aliphatic carbocycles. The maximum atomic E-state index is 12.0. The van der Waals surface area contributed by atoms with E-state index in [0.717, 1.165) is 0 Å². The third-order valence-corrected chi connectivity index (χ3v) is 2.87. The van der Waals surface area contributed by atoms with Crippen LogP contribution in [0.25, 0.3) is 0 Å². The third kappa shape index (κ3) is 3.04. The lowest BCUT2D eigenvalue weighted by Gasteiger charge is -2.06. The number of benzene rings is 2. The van der Waals surface area contributed by atoms with Crippen molar-refractivity contribution in [3.05, 3.63) is 63.2 Å². The highest BCUT2D eigenvalue weighted by molar-refractivity contribution is 6.32. The molecule has 0 spiro atoms. The summed E-state index contributed by atoms with van der Waals surface area (Å²) in [5.74, 6) is -0.408. The fourth-order valence-electron chi connectivity index (χ4n) is 1.61. The van der Waals surface area contributed by atoms with Gasteiger partial charge in [0.15, 0.2) is 0 Å². The second-order valence-corrected chi connectivity index (χ2v) is 4.41. The molecule has 0 aliphatic rings. The zero-order valence-corrected chi connectivity index (χ0v) is 10.9. The van der Waals surface area contributed by atoms with Crippen molar-refractivity contribution in [3.8, 4) is 0 Å². The van der Waals surface area contributed by atoms with Gasteiger partial charge in [0.05, 0.1) is 4.92 Å². The van der Waals surface area contributed by atoms with Crippen LogP contribution in [0.2, 0.25) is 5.02 Å². The maximum Gasteiger partial charge on any atom is 0.289 e. The smallest absolute Gasteiger partial charge is 0.289 e. The highest BCUT2D eigenvalue weighted by atomic mass is 35.5. The summed E-state index contributed by atoms with van der Waals surface area (Å²) in [6.45, 7) is 0. The van der Waals surface area contributed by atoms with Crippen LogP contribution in [0.1, 0.15) is 10.4 Å². The molecule has 0 atom stereocenters. The van der Waals surface area contributed by atoms with Crippen LogP contribution in [-0.4, -0.2) is 10.8 Å². The van der Waals surface area contributed by atoms with Gasteiger partial charge in [0, 0.05) is 23.0 Å². The number of nitro groups is 1. The normalized spacial score (nSPS) is 10.1. The van der Waals surface area contributed by atoms with Gasteiger partial charge in [-0.05, 0) is 30.3 Å². The molecule has 2 aromatic rings. The highest BCUT2D eigenvalue weighted by Gasteiger charge is 2.14. The van der Waals surface area contributed by atoms with E-state index in [1.807, 2.05) is 0 Å². The quantitative estimate of drug-likeness (QED) is 0.516. The molecule has 0 aromatic heterocycles. The number of hydrogen-bond donors (Lipinski definition) is 2. The van der Waals surface area contributed by atoms with Crippen molar-refractivity contribution >= 4 is 34.6 Å². The number of amides is 1. The lowest BCUT2D eigenvalue weighted by molar-refractivity contribution is -0.384. The largest absolute Gasteiger partial charge is 0.399 e. The van der Waals surface area contributed by atoms with E-state index in [0.29, 0.717) is 11.3 Å². The number of anilines is 2.